The van der Waals surface area contributed by atoms with Gasteiger partial charge in [-0.15, -0.1) is 24.2 Å². The summed E-state index contributed by atoms with van der Waals surface area (Å²) in [5, 5.41) is -0.711. The zero-order chi connectivity index (χ0) is 17.8. The van der Waals surface area contributed by atoms with E-state index in [1.165, 1.54) is 11.8 Å². The number of anilines is 1. The molecule has 0 radical (unpaired) electrons. The first-order valence-corrected chi connectivity index (χ1v) is 9.27. The molecule has 3 rings (SSSR count). The Labute approximate surface area is 165 Å². The zero-order valence-corrected chi connectivity index (χ0v) is 16.6. The van der Waals surface area contributed by atoms with Gasteiger partial charge in [-0.3, -0.25) is 9.59 Å². The van der Waals surface area contributed by atoms with Gasteiger partial charge in [0.2, 0.25) is 5.91 Å². The third-order valence-electron chi connectivity index (χ3n) is 4.17. The van der Waals surface area contributed by atoms with Crippen molar-refractivity contribution in [1.29, 1.82) is 0 Å². The van der Waals surface area contributed by atoms with Crippen LogP contribution in [0.15, 0.2) is 59.5 Å². The van der Waals surface area contributed by atoms with Crippen molar-refractivity contribution >= 4 is 41.5 Å². The molecule has 0 aromatic heterocycles. The van der Waals surface area contributed by atoms with Gasteiger partial charge < -0.3 is 9.80 Å². The maximum Gasteiger partial charge on any atom is 0.248 e. The summed E-state index contributed by atoms with van der Waals surface area (Å²) >= 11 is 1.36. The Morgan fingerprint density at radius 3 is 2.42 bits per heavy atom. The van der Waals surface area contributed by atoms with Crippen molar-refractivity contribution in [2.45, 2.75) is 16.6 Å². The molecule has 0 aliphatic carbocycles. The molecule has 0 N–H and O–H groups in total. The third kappa shape index (κ3) is 4.47. The second-order valence-corrected chi connectivity index (χ2v) is 7.49. The summed E-state index contributed by atoms with van der Waals surface area (Å²) in [6.07, 6.45) is 0.865. The molecule has 1 amide bonds. The quantitative estimate of drug-likeness (QED) is 0.556. The largest absolute Gasteiger partial charge is 0.310 e. The standard InChI is InChI=1S/C20H22N2O2S.ClH/c1-21(2)13-8-14-22-16-11-6-7-12-17(16)25-19(20(22)24)18(23)15-9-4-3-5-10-15;/h3-7,9-12,19H,8,13-14H2,1-2H3;1H. The first-order chi connectivity index (χ1) is 12.1. The van der Waals surface area contributed by atoms with Gasteiger partial charge in [-0.05, 0) is 39.2 Å². The number of Topliss-reactive ketones (excluding diaryl/α,β-unsaturated/α-hetero) is 1. The lowest BCUT2D eigenvalue weighted by molar-refractivity contribution is -0.117. The predicted molar refractivity (Wildman–Crippen MR) is 110 cm³/mol. The number of fused-ring (bicyclic) bond motifs is 1. The Morgan fingerprint density at radius 1 is 1.08 bits per heavy atom. The predicted octanol–water partition coefficient (Wildman–Crippen LogP) is 3.75. The van der Waals surface area contributed by atoms with Gasteiger partial charge in [0.15, 0.2) is 11.0 Å². The second-order valence-electron chi connectivity index (χ2n) is 6.34. The van der Waals surface area contributed by atoms with Gasteiger partial charge in [0, 0.05) is 17.0 Å². The fraction of sp³-hybridized carbons (Fsp3) is 0.300. The molecular formula is C20H23ClN2O2S. The van der Waals surface area contributed by atoms with E-state index in [4.69, 9.17) is 0 Å². The van der Waals surface area contributed by atoms with Crippen LogP contribution < -0.4 is 4.90 Å². The maximum absolute atomic E-state index is 13.0. The highest BCUT2D eigenvalue weighted by Crippen LogP contribution is 2.40. The summed E-state index contributed by atoms with van der Waals surface area (Å²) in [5.41, 5.74) is 1.49. The third-order valence-corrected chi connectivity index (χ3v) is 5.43. The lowest BCUT2D eigenvalue weighted by Crippen LogP contribution is -2.45. The molecule has 2 aromatic carbocycles. The van der Waals surface area contributed by atoms with Crippen LogP contribution in [0.1, 0.15) is 16.8 Å². The number of hydrogen-bond donors (Lipinski definition) is 0. The Hall–Kier alpha value is -1.82. The Balaban J connectivity index is 0.00000243. The fourth-order valence-corrected chi connectivity index (χ4v) is 4.09. The number of carbonyl (C=O) groups is 2. The van der Waals surface area contributed by atoms with Gasteiger partial charge in [0.1, 0.15) is 0 Å². The topological polar surface area (TPSA) is 40.6 Å². The van der Waals surface area contributed by atoms with Crippen molar-refractivity contribution in [3.05, 3.63) is 60.2 Å². The number of para-hydroxylation sites is 1. The molecule has 1 atom stereocenters. The molecule has 1 aliphatic rings. The van der Waals surface area contributed by atoms with Crippen molar-refractivity contribution in [3.8, 4) is 0 Å². The van der Waals surface area contributed by atoms with Gasteiger partial charge in [0.25, 0.3) is 0 Å². The first-order valence-electron chi connectivity index (χ1n) is 8.39. The van der Waals surface area contributed by atoms with Crippen LogP contribution in [0.2, 0.25) is 0 Å². The van der Waals surface area contributed by atoms with Gasteiger partial charge in [-0.1, -0.05) is 42.5 Å². The average Bonchev–Trinajstić information content (AvgIpc) is 2.63. The van der Waals surface area contributed by atoms with E-state index in [0.717, 1.165) is 23.5 Å². The lowest BCUT2D eigenvalue weighted by atomic mass is 10.1. The van der Waals surface area contributed by atoms with Crippen LogP contribution in [0, 0.1) is 0 Å². The van der Waals surface area contributed by atoms with Gasteiger partial charge in [0.05, 0.1) is 5.69 Å². The normalized spacial score (nSPS) is 16.2. The summed E-state index contributed by atoms with van der Waals surface area (Å²) in [4.78, 5) is 30.8. The van der Waals surface area contributed by atoms with Gasteiger partial charge in [-0.2, -0.15) is 0 Å². The van der Waals surface area contributed by atoms with Crippen LogP contribution in [0.25, 0.3) is 0 Å². The summed E-state index contributed by atoms with van der Waals surface area (Å²) in [5.74, 6) is -0.237. The number of amides is 1. The van der Waals surface area contributed by atoms with E-state index in [-0.39, 0.29) is 24.1 Å². The highest BCUT2D eigenvalue weighted by atomic mass is 35.5. The number of hydrogen-bond acceptors (Lipinski definition) is 4. The smallest absolute Gasteiger partial charge is 0.248 e. The van der Waals surface area contributed by atoms with Crippen LogP contribution >= 0.6 is 24.2 Å². The van der Waals surface area contributed by atoms with E-state index in [1.807, 2.05) is 56.6 Å². The number of benzene rings is 2. The summed E-state index contributed by atoms with van der Waals surface area (Å²) in [6.45, 7) is 1.52. The highest BCUT2D eigenvalue weighted by molar-refractivity contribution is 8.01. The van der Waals surface area contributed by atoms with E-state index >= 15 is 0 Å². The van der Waals surface area contributed by atoms with E-state index in [2.05, 4.69) is 4.90 Å². The van der Waals surface area contributed by atoms with E-state index in [0.29, 0.717) is 12.1 Å². The van der Waals surface area contributed by atoms with E-state index in [1.54, 1.807) is 17.0 Å². The van der Waals surface area contributed by atoms with Crippen LogP contribution in [0.5, 0.6) is 0 Å². The molecular weight excluding hydrogens is 368 g/mol. The molecule has 0 saturated carbocycles. The van der Waals surface area contributed by atoms with Crippen LogP contribution in [0.4, 0.5) is 5.69 Å². The Kier molecular flexibility index (Phi) is 7.26. The number of thioether (sulfide) groups is 1. The minimum atomic E-state index is -0.711. The van der Waals surface area contributed by atoms with Gasteiger partial charge >= 0.3 is 0 Å². The minimum Gasteiger partial charge on any atom is -0.310 e. The Morgan fingerprint density at radius 2 is 1.73 bits per heavy atom. The van der Waals surface area contributed by atoms with Crippen molar-refractivity contribution in [3.63, 3.8) is 0 Å². The Bertz CT molecular complexity index is 767. The summed E-state index contributed by atoms with van der Waals surface area (Å²) < 4.78 is 0. The summed E-state index contributed by atoms with van der Waals surface area (Å²) in [7, 11) is 4.03. The van der Waals surface area contributed by atoms with E-state index in [9.17, 15) is 9.59 Å². The molecule has 4 nitrogen and oxygen atoms in total. The molecule has 6 heteroatoms. The first kappa shape index (κ1) is 20.5. The molecule has 1 heterocycles. The van der Waals surface area contributed by atoms with E-state index < -0.39 is 5.25 Å². The number of rotatable bonds is 6. The minimum absolute atomic E-state index is 0. The SMILES string of the molecule is CN(C)CCCN1C(=O)C(C(=O)c2ccccc2)Sc2ccccc21.Cl. The number of halogens is 1. The molecule has 26 heavy (non-hydrogen) atoms. The fourth-order valence-electron chi connectivity index (χ4n) is 2.91. The molecule has 0 saturated heterocycles. The molecule has 1 aliphatic heterocycles. The van der Waals surface area contributed by atoms with Crippen LogP contribution in [-0.4, -0.2) is 49.0 Å². The zero-order valence-electron chi connectivity index (χ0n) is 14.9. The van der Waals surface area contributed by atoms with Crippen molar-refractivity contribution in [2.24, 2.45) is 0 Å². The molecule has 1 unspecified atom stereocenters. The van der Waals surface area contributed by atoms with Gasteiger partial charge in [-0.25, -0.2) is 0 Å². The van der Waals surface area contributed by atoms with Crippen molar-refractivity contribution in [2.75, 3.05) is 32.1 Å². The summed E-state index contributed by atoms with van der Waals surface area (Å²) in [6, 6.07) is 16.9. The van der Waals surface area contributed by atoms with Crippen LogP contribution in [-0.2, 0) is 4.79 Å². The molecule has 138 valence electrons. The number of ketones is 1. The highest BCUT2D eigenvalue weighted by Gasteiger charge is 2.38. The molecule has 0 fully saturated rings. The number of nitrogens with zero attached hydrogens (tertiary/aromatic N) is 2. The molecule has 2 aromatic rings. The van der Waals surface area contributed by atoms with Crippen molar-refractivity contribution in [1.82, 2.24) is 4.90 Å². The monoisotopic (exact) mass is 390 g/mol. The molecule has 0 spiro atoms. The maximum atomic E-state index is 13.0. The van der Waals surface area contributed by atoms with Crippen molar-refractivity contribution < 1.29 is 9.59 Å². The molecule has 0 bridgehead atoms. The number of carbonyl (C=O) groups excluding carboxylic acids is 2. The van der Waals surface area contributed by atoms with Crippen LogP contribution in [0.3, 0.4) is 0 Å². The second kappa shape index (κ2) is 9.21. The average molecular weight is 391 g/mol. The lowest BCUT2D eigenvalue weighted by Gasteiger charge is -2.33.